The number of nitrogens with zero attached hydrogens (tertiary/aromatic N) is 1. The molecule has 0 fully saturated rings. The molecule has 19 heavy (non-hydrogen) atoms. The van der Waals surface area contributed by atoms with Crippen molar-refractivity contribution in [3.05, 3.63) is 29.6 Å². The third kappa shape index (κ3) is 3.75. The fourth-order valence-corrected chi connectivity index (χ4v) is 2.79. The minimum atomic E-state index is 0.325. The topological polar surface area (TPSA) is 43.4 Å². The number of aromatic nitrogens is 1. The summed E-state index contributed by atoms with van der Waals surface area (Å²) in [6, 6.07) is 4.56. The number of hydrogen-bond acceptors (Lipinski definition) is 4. The van der Waals surface area contributed by atoms with Crippen molar-refractivity contribution in [2.75, 3.05) is 34.0 Å². The first-order valence-electron chi connectivity index (χ1n) is 7.04. The zero-order chi connectivity index (χ0) is 13.5. The van der Waals surface area contributed by atoms with Crippen LogP contribution in [0.4, 0.5) is 0 Å². The summed E-state index contributed by atoms with van der Waals surface area (Å²) in [4.78, 5) is 4.59. The second kappa shape index (κ2) is 7.58. The molecule has 2 atom stereocenters. The van der Waals surface area contributed by atoms with E-state index in [1.807, 2.05) is 19.3 Å². The fraction of sp³-hybridized carbons (Fsp3) is 0.667. The molecule has 0 aliphatic heterocycles. The Kier molecular flexibility index (Phi) is 5.76. The highest BCUT2D eigenvalue weighted by molar-refractivity contribution is 5.27. The van der Waals surface area contributed by atoms with E-state index in [4.69, 9.17) is 9.47 Å². The summed E-state index contributed by atoms with van der Waals surface area (Å²) < 4.78 is 10.7. The molecule has 2 rings (SSSR count). The Bertz CT molecular complexity index is 384. The first-order chi connectivity index (χ1) is 9.36. The number of aryl methyl sites for hydroxylation is 1. The third-order valence-electron chi connectivity index (χ3n) is 3.82. The van der Waals surface area contributed by atoms with Gasteiger partial charge in [-0.2, -0.15) is 0 Å². The van der Waals surface area contributed by atoms with Gasteiger partial charge in [-0.3, -0.25) is 4.98 Å². The molecule has 0 spiro atoms. The highest BCUT2D eigenvalue weighted by Crippen LogP contribution is 2.32. The van der Waals surface area contributed by atoms with E-state index in [-0.39, 0.29) is 0 Å². The average Bonchev–Trinajstić information content (AvgIpc) is 2.47. The molecule has 1 N–H and O–H groups in total. The van der Waals surface area contributed by atoms with Crippen LogP contribution in [0.5, 0.6) is 0 Å². The molecule has 106 valence electrons. The first-order valence-corrected chi connectivity index (χ1v) is 7.04. The van der Waals surface area contributed by atoms with Gasteiger partial charge in [-0.1, -0.05) is 6.07 Å². The van der Waals surface area contributed by atoms with Crippen molar-refractivity contribution in [2.45, 2.75) is 31.2 Å². The number of hydrogen-bond donors (Lipinski definition) is 1. The van der Waals surface area contributed by atoms with E-state index in [9.17, 15) is 0 Å². The number of ether oxygens (including phenoxy) is 2. The first kappa shape index (κ1) is 14.4. The molecule has 1 aromatic rings. The monoisotopic (exact) mass is 264 g/mol. The average molecular weight is 264 g/mol. The van der Waals surface area contributed by atoms with E-state index in [0.29, 0.717) is 31.8 Å². The lowest BCUT2D eigenvalue weighted by atomic mass is 9.82. The molecule has 1 aromatic heterocycles. The van der Waals surface area contributed by atoms with E-state index < -0.39 is 0 Å². The van der Waals surface area contributed by atoms with Crippen LogP contribution in [0.25, 0.3) is 0 Å². The maximum absolute atomic E-state index is 5.68. The summed E-state index contributed by atoms with van der Waals surface area (Å²) in [5, 5.41) is 3.38. The number of pyridine rings is 1. The molecule has 1 aliphatic rings. The maximum atomic E-state index is 5.68. The van der Waals surface area contributed by atoms with Gasteiger partial charge in [-0.05, 0) is 37.9 Å². The summed E-state index contributed by atoms with van der Waals surface area (Å²) in [5.41, 5.74) is 2.65. The van der Waals surface area contributed by atoms with Gasteiger partial charge in [-0.15, -0.1) is 0 Å². The largest absolute Gasteiger partial charge is 0.382 e. The molecule has 1 heterocycles. The van der Waals surface area contributed by atoms with Gasteiger partial charge in [0.25, 0.3) is 0 Å². The molecule has 0 aromatic carbocycles. The van der Waals surface area contributed by atoms with Gasteiger partial charge in [0, 0.05) is 31.0 Å². The second-order valence-electron chi connectivity index (χ2n) is 5.01. The second-order valence-corrected chi connectivity index (χ2v) is 5.01. The van der Waals surface area contributed by atoms with E-state index in [1.54, 1.807) is 7.11 Å². The predicted molar refractivity (Wildman–Crippen MR) is 75.5 cm³/mol. The number of likely N-dealkylation sites (N-methyl/N-ethyl adjacent to an activating group) is 1. The highest BCUT2D eigenvalue weighted by atomic mass is 16.5. The standard InChI is InChI=1S/C15H24N2O2/c1-16-14(11-19-10-9-18-2)13-7-3-5-12-6-4-8-17-15(12)13/h4,6,8,13-14,16H,3,5,7,9-11H2,1-2H3. The van der Waals surface area contributed by atoms with Crippen molar-refractivity contribution in [1.29, 1.82) is 0 Å². The van der Waals surface area contributed by atoms with Crippen LogP contribution in [0.1, 0.15) is 30.0 Å². The lowest BCUT2D eigenvalue weighted by Gasteiger charge is -2.31. The van der Waals surface area contributed by atoms with Crippen molar-refractivity contribution >= 4 is 0 Å². The Morgan fingerprint density at radius 1 is 1.47 bits per heavy atom. The van der Waals surface area contributed by atoms with Gasteiger partial charge in [0.05, 0.1) is 19.8 Å². The van der Waals surface area contributed by atoms with Crippen LogP contribution < -0.4 is 5.32 Å². The molecule has 1 aliphatic carbocycles. The van der Waals surface area contributed by atoms with Crippen LogP contribution in [0.2, 0.25) is 0 Å². The quantitative estimate of drug-likeness (QED) is 0.762. The number of nitrogens with one attached hydrogen (secondary N) is 1. The van der Waals surface area contributed by atoms with Crippen molar-refractivity contribution in [3.63, 3.8) is 0 Å². The van der Waals surface area contributed by atoms with Crippen molar-refractivity contribution in [2.24, 2.45) is 0 Å². The van der Waals surface area contributed by atoms with Crippen molar-refractivity contribution in [3.8, 4) is 0 Å². The SMILES string of the molecule is CNC(COCCOC)C1CCCc2cccnc21. The lowest BCUT2D eigenvalue weighted by Crippen LogP contribution is -2.38. The van der Waals surface area contributed by atoms with Crippen LogP contribution in [0, 0.1) is 0 Å². The highest BCUT2D eigenvalue weighted by Gasteiger charge is 2.28. The fourth-order valence-electron chi connectivity index (χ4n) is 2.79. The lowest BCUT2D eigenvalue weighted by molar-refractivity contribution is 0.0545. The molecule has 4 nitrogen and oxygen atoms in total. The molecular formula is C15H24N2O2. The smallest absolute Gasteiger partial charge is 0.0701 e. The van der Waals surface area contributed by atoms with Crippen LogP contribution >= 0.6 is 0 Å². The van der Waals surface area contributed by atoms with Crippen LogP contribution in [0.15, 0.2) is 18.3 Å². The summed E-state index contributed by atoms with van der Waals surface area (Å²) in [6.07, 6.45) is 5.47. The Hall–Kier alpha value is -0.970. The molecule has 0 radical (unpaired) electrons. The van der Waals surface area contributed by atoms with Crippen LogP contribution in [-0.4, -0.2) is 45.0 Å². The number of rotatable bonds is 7. The molecule has 4 heteroatoms. The zero-order valence-electron chi connectivity index (χ0n) is 11.9. The Balaban J connectivity index is 1.99. The Morgan fingerprint density at radius 2 is 2.37 bits per heavy atom. The minimum absolute atomic E-state index is 0.325. The van der Waals surface area contributed by atoms with Gasteiger partial charge in [0.1, 0.15) is 0 Å². The number of methoxy groups -OCH3 is 1. The van der Waals surface area contributed by atoms with Crippen LogP contribution in [-0.2, 0) is 15.9 Å². The van der Waals surface area contributed by atoms with E-state index >= 15 is 0 Å². The van der Waals surface area contributed by atoms with Gasteiger partial charge in [-0.25, -0.2) is 0 Å². The predicted octanol–water partition coefficient (Wildman–Crippen LogP) is 1.75. The van der Waals surface area contributed by atoms with Crippen molar-refractivity contribution in [1.82, 2.24) is 10.3 Å². The van der Waals surface area contributed by atoms with Gasteiger partial charge in [0.2, 0.25) is 0 Å². The Labute approximate surface area is 115 Å². The van der Waals surface area contributed by atoms with E-state index in [2.05, 4.69) is 16.4 Å². The third-order valence-corrected chi connectivity index (χ3v) is 3.82. The summed E-state index contributed by atoms with van der Waals surface area (Å²) in [5.74, 6) is 0.456. The molecule has 0 saturated heterocycles. The van der Waals surface area contributed by atoms with Crippen LogP contribution in [0.3, 0.4) is 0 Å². The summed E-state index contributed by atoms with van der Waals surface area (Å²) >= 11 is 0. The number of fused-ring (bicyclic) bond motifs is 1. The zero-order valence-corrected chi connectivity index (χ0v) is 11.9. The Morgan fingerprint density at radius 3 is 3.16 bits per heavy atom. The van der Waals surface area contributed by atoms with Gasteiger partial charge >= 0.3 is 0 Å². The summed E-state index contributed by atoms with van der Waals surface area (Å²) in [6.45, 7) is 2.01. The molecule has 0 bridgehead atoms. The van der Waals surface area contributed by atoms with E-state index in [1.165, 1.54) is 24.1 Å². The normalized spacial score (nSPS) is 20.0. The van der Waals surface area contributed by atoms with Gasteiger partial charge < -0.3 is 14.8 Å². The van der Waals surface area contributed by atoms with Crippen molar-refractivity contribution < 1.29 is 9.47 Å². The molecular weight excluding hydrogens is 240 g/mol. The summed E-state index contributed by atoms with van der Waals surface area (Å²) in [7, 11) is 3.70. The molecule has 2 unspecified atom stereocenters. The molecule has 0 amide bonds. The van der Waals surface area contributed by atoms with E-state index in [0.717, 1.165) is 6.42 Å². The molecule has 0 saturated carbocycles. The maximum Gasteiger partial charge on any atom is 0.0701 e. The van der Waals surface area contributed by atoms with Gasteiger partial charge in [0.15, 0.2) is 0 Å². The minimum Gasteiger partial charge on any atom is -0.382 e.